The molecular formula is C19H25N3O3S. The lowest BCUT2D eigenvalue weighted by Gasteiger charge is -2.21. The SMILES string of the molecule is CCN(CC)c1ccc(C(=O)Nc2ccc(S(=O)(=O)N(C)C)cc2)cc1. The summed E-state index contributed by atoms with van der Waals surface area (Å²) in [5.74, 6) is -0.237. The van der Waals surface area contributed by atoms with Crippen LogP contribution in [0.4, 0.5) is 11.4 Å². The summed E-state index contributed by atoms with van der Waals surface area (Å²) in [6.45, 7) is 5.99. The largest absolute Gasteiger partial charge is 0.372 e. The van der Waals surface area contributed by atoms with Crippen molar-refractivity contribution < 1.29 is 13.2 Å². The summed E-state index contributed by atoms with van der Waals surface area (Å²) < 4.78 is 25.3. The third kappa shape index (κ3) is 4.42. The normalized spacial score (nSPS) is 11.4. The lowest BCUT2D eigenvalue weighted by Crippen LogP contribution is -2.22. The summed E-state index contributed by atoms with van der Waals surface area (Å²) in [6.07, 6.45) is 0. The van der Waals surface area contributed by atoms with Crippen molar-refractivity contribution in [3.05, 3.63) is 54.1 Å². The molecule has 0 fully saturated rings. The second-order valence-electron chi connectivity index (χ2n) is 5.99. The fourth-order valence-electron chi connectivity index (χ4n) is 2.54. The number of amides is 1. The van der Waals surface area contributed by atoms with Crippen molar-refractivity contribution in [3.8, 4) is 0 Å². The van der Waals surface area contributed by atoms with Crippen LogP contribution in [0.15, 0.2) is 53.4 Å². The van der Waals surface area contributed by atoms with Crippen LogP contribution in [0, 0.1) is 0 Å². The van der Waals surface area contributed by atoms with Crippen molar-refractivity contribution in [2.24, 2.45) is 0 Å². The third-order valence-electron chi connectivity index (χ3n) is 4.15. The van der Waals surface area contributed by atoms with E-state index in [1.165, 1.54) is 26.2 Å². The van der Waals surface area contributed by atoms with E-state index < -0.39 is 10.0 Å². The Labute approximate surface area is 155 Å². The van der Waals surface area contributed by atoms with Gasteiger partial charge in [-0.05, 0) is 62.4 Å². The van der Waals surface area contributed by atoms with Crippen molar-refractivity contribution in [1.29, 1.82) is 0 Å². The molecule has 0 unspecified atom stereocenters. The van der Waals surface area contributed by atoms with Gasteiger partial charge in [0.25, 0.3) is 5.91 Å². The van der Waals surface area contributed by atoms with Crippen LogP contribution < -0.4 is 10.2 Å². The Morgan fingerprint density at radius 1 is 0.923 bits per heavy atom. The van der Waals surface area contributed by atoms with Crippen molar-refractivity contribution in [3.63, 3.8) is 0 Å². The van der Waals surface area contributed by atoms with Crippen LogP contribution >= 0.6 is 0 Å². The first-order chi connectivity index (χ1) is 12.3. The smallest absolute Gasteiger partial charge is 0.255 e. The van der Waals surface area contributed by atoms with Gasteiger partial charge in [0, 0.05) is 44.1 Å². The topological polar surface area (TPSA) is 69.7 Å². The number of rotatable bonds is 7. The minimum absolute atomic E-state index is 0.184. The highest BCUT2D eigenvalue weighted by atomic mass is 32.2. The number of benzene rings is 2. The van der Waals surface area contributed by atoms with E-state index >= 15 is 0 Å². The lowest BCUT2D eigenvalue weighted by atomic mass is 10.1. The van der Waals surface area contributed by atoms with Crippen LogP contribution in [-0.4, -0.2) is 45.8 Å². The molecule has 2 aromatic carbocycles. The molecular weight excluding hydrogens is 350 g/mol. The van der Waals surface area contributed by atoms with E-state index in [1.807, 2.05) is 12.1 Å². The summed E-state index contributed by atoms with van der Waals surface area (Å²) in [6, 6.07) is 13.5. The van der Waals surface area contributed by atoms with Crippen LogP contribution in [0.3, 0.4) is 0 Å². The highest BCUT2D eigenvalue weighted by Gasteiger charge is 2.17. The van der Waals surface area contributed by atoms with Gasteiger partial charge in [0.1, 0.15) is 0 Å². The Morgan fingerprint density at radius 3 is 1.92 bits per heavy atom. The fourth-order valence-corrected chi connectivity index (χ4v) is 3.44. The number of carbonyl (C=O) groups excluding carboxylic acids is 1. The van der Waals surface area contributed by atoms with Gasteiger partial charge < -0.3 is 10.2 Å². The van der Waals surface area contributed by atoms with Crippen molar-refractivity contribution >= 4 is 27.3 Å². The molecule has 1 amide bonds. The average Bonchev–Trinajstić information content (AvgIpc) is 2.63. The Kier molecular flexibility index (Phi) is 6.39. The Bertz CT molecular complexity index is 841. The average molecular weight is 375 g/mol. The van der Waals surface area contributed by atoms with E-state index in [0.717, 1.165) is 23.1 Å². The summed E-state index contributed by atoms with van der Waals surface area (Å²) in [4.78, 5) is 14.8. The highest BCUT2D eigenvalue weighted by molar-refractivity contribution is 7.89. The zero-order chi connectivity index (χ0) is 19.3. The fraction of sp³-hybridized carbons (Fsp3) is 0.316. The van der Waals surface area contributed by atoms with E-state index in [2.05, 4.69) is 24.1 Å². The van der Waals surface area contributed by atoms with E-state index in [-0.39, 0.29) is 10.8 Å². The Morgan fingerprint density at radius 2 is 1.46 bits per heavy atom. The molecule has 0 aliphatic heterocycles. The third-order valence-corrected chi connectivity index (χ3v) is 5.98. The number of carbonyl (C=O) groups is 1. The van der Waals surface area contributed by atoms with Crippen LogP contribution in [0.1, 0.15) is 24.2 Å². The molecule has 2 rings (SSSR count). The van der Waals surface area contributed by atoms with Crippen LogP contribution in [0.5, 0.6) is 0 Å². The minimum Gasteiger partial charge on any atom is -0.372 e. The molecule has 1 N–H and O–H groups in total. The number of nitrogens with zero attached hydrogens (tertiary/aromatic N) is 2. The van der Waals surface area contributed by atoms with E-state index in [4.69, 9.17) is 0 Å². The maximum Gasteiger partial charge on any atom is 0.255 e. The molecule has 0 bridgehead atoms. The predicted molar refractivity (Wildman–Crippen MR) is 105 cm³/mol. The lowest BCUT2D eigenvalue weighted by molar-refractivity contribution is 0.102. The summed E-state index contributed by atoms with van der Waals surface area (Å²) >= 11 is 0. The zero-order valence-electron chi connectivity index (χ0n) is 15.6. The quantitative estimate of drug-likeness (QED) is 0.808. The number of hydrogen-bond acceptors (Lipinski definition) is 4. The first-order valence-electron chi connectivity index (χ1n) is 8.48. The second kappa shape index (κ2) is 8.33. The predicted octanol–water partition coefficient (Wildman–Crippen LogP) is 3.04. The standard InChI is InChI=1S/C19H25N3O3S/c1-5-22(6-2)17-11-7-15(8-12-17)19(23)20-16-9-13-18(14-10-16)26(24,25)21(3)4/h7-14H,5-6H2,1-4H3,(H,20,23). The van der Waals surface area contributed by atoms with Gasteiger partial charge in [-0.2, -0.15) is 0 Å². The van der Waals surface area contributed by atoms with Crippen LogP contribution in [-0.2, 0) is 10.0 Å². The van der Waals surface area contributed by atoms with Gasteiger partial charge in [-0.25, -0.2) is 12.7 Å². The molecule has 0 aromatic heterocycles. The molecule has 0 atom stereocenters. The van der Waals surface area contributed by atoms with E-state index in [1.54, 1.807) is 24.3 Å². The Hall–Kier alpha value is -2.38. The Balaban J connectivity index is 2.10. The first-order valence-corrected chi connectivity index (χ1v) is 9.92. The molecule has 0 heterocycles. The molecule has 2 aromatic rings. The van der Waals surface area contributed by atoms with Crippen molar-refractivity contribution in [2.45, 2.75) is 18.7 Å². The molecule has 0 spiro atoms. The molecule has 0 saturated carbocycles. The van der Waals surface area contributed by atoms with Crippen LogP contribution in [0.25, 0.3) is 0 Å². The van der Waals surface area contributed by atoms with Crippen LogP contribution in [0.2, 0.25) is 0 Å². The monoisotopic (exact) mass is 375 g/mol. The maximum absolute atomic E-state index is 12.4. The molecule has 0 aliphatic rings. The number of nitrogens with one attached hydrogen (secondary N) is 1. The van der Waals surface area contributed by atoms with Gasteiger partial charge in [-0.3, -0.25) is 4.79 Å². The minimum atomic E-state index is -3.48. The zero-order valence-corrected chi connectivity index (χ0v) is 16.4. The summed E-state index contributed by atoms with van der Waals surface area (Å²) in [5, 5.41) is 2.78. The molecule has 7 heteroatoms. The molecule has 140 valence electrons. The van der Waals surface area contributed by atoms with Crippen molar-refractivity contribution in [2.75, 3.05) is 37.4 Å². The molecule has 26 heavy (non-hydrogen) atoms. The van der Waals surface area contributed by atoms with Crippen molar-refractivity contribution in [1.82, 2.24) is 4.31 Å². The number of anilines is 2. The molecule has 0 saturated heterocycles. The molecule has 0 radical (unpaired) electrons. The molecule has 0 aliphatic carbocycles. The van der Waals surface area contributed by atoms with Gasteiger partial charge in [0.05, 0.1) is 4.90 Å². The second-order valence-corrected chi connectivity index (χ2v) is 8.14. The van der Waals surface area contributed by atoms with Gasteiger partial charge in [0.15, 0.2) is 0 Å². The summed E-state index contributed by atoms with van der Waals surface area (Å²) in [5.41, 5.74) is 2.16. The van der Waals surface area contributed by atoms with E-state index in [9.17, 15) is 13.2 Å². The van der Waals surface area contributed by atoms with E-state index in [0.29, 0.717) is 11.3 Å². The molecule has 6 nitrogen and oxygen atoms in total. The van der Waals surface area contributed by atoms with Gasteiger partial charge in [-0.1, -0.05) is 0 Å². The summed E-state index contributed by atoms with van der Waals surface area (Å²) in [7, 11) is -0.518. The van der Waals surface area contributed by atoms with Gasteiger partial charge in [-0.15, -0.1) is 0 Å². The maximum atomic E-state index is 12.4. The number of sulfonamides is 1. The number of hydrogen-bond donors (Lipinski definition) is 1. The first kappa shape index (κ1) is 19.9. The van der Waals surface area contributed by atoms with Gasteiger partial charge in [0.2, 0.25) is 10.0 Å². The highest BCUT2D eigenvalue weighted by Crippen LogP contribution is 2.19. The van der Waals surface area contributed by atoms with Gasteiger partial charge >= 0.3 is 0 Å².